The zero-order valence-electron chi connectivity index (χ0n) is 11.9. The molecule has 0 bridgehead atoms. The van der Waals surface area contributed by atoms with Crippen LogP contribution in [0.15, 0.2) is 18.2 Å². The molecule has 0 aromatic heterocycles. The SMILES string of the molecule is C[C@H](NC(=O)c1cc(O)ccc1Cl)C(=O)OC(C)(C)C. The molecule has 2 N–H and O–H groups in total. The molecule has 1 atom stereocenters. The summed E-state index contributed by atoms with van der Waals surface area (Å²) in [5.74, 6) is -1.17. The summed E-state index contributed by atoms with van der Waals surface area (Å²) in [6, 6.07) is 3.19. The lowest BCUT2D eigenvalue weighted by Crippen LogP contribution is -2.42. The lowest BCUT2D eigenvalue weighted by atomic mass is 10.1. The number of benzene rings is 1. The molecule has 1 amide bonds. The van der Waals surface area contributed by atoms with Gasteiger partial charge in [-0.05, 0) is 45.9 Å². The molecular weight excluding hydrogens is 282 g/mol. The molecule has 1 aromatic rings. The number of aromatic hydroxyl groups is 1. The molecule has 0 heterocycles. The summed E-state index contributed by atoms with van der Waals surface area (Å²) in [6.45, 7) is 6.74. The molecule has 0 aliphatic rings. The first-order valence-corrected chi connectivity index (χ1v) is 6.50. The molecule has 0 aliphatic carbocycles. The summed E-state index contributed by atoms with van der Waals surface area (Å²) in [5, 5.41) is 12.0. The molecule has 0 unspecified atom stereocenters. The van der Waals surface area contributed by atoms with Crippen molar-refractivity contribution in [3.63, 3.8) is 0 Å². The number of phenols is 1. The standard InChI is InChI=1S/C14H18ClNO4/c1-8(13(19)20-14(2,3)4)16-12(18)10-7-9(17)5-6-11(10)15/h5-8,17H,1-4H3,(H,16,18)/t8-/m0/s1. The van der Waals surface area contributed by atoms with E-state index >= 15 is 0 Å². The van der Waals surface area contributed by atoms with E-state index in [-0.39, 0.29) is 16.3 Å². The number of halogens is 1. The highest BCUT2D eigenvalue weighted by Crippen LogP contribution is 2.21. The number of nitrogens with one attached hydrogen (secondary N) is 1. The largest absolute Gasteiger partial charge is 0.508 e. The van der Waals surface area contributed by atoms with Gasteiger partial charge in [0.05, 0.1) is 10.6 Å². The first-order valence-electron chi connectivity index (χ1n) is 6.12. The van der Waals surface area contributed by atoms with Gasteiger partial charge in [-0.1, -0.05) is 11.6 Å². The zero-order valence-corrected chi connectivity index (χ0v) is 12.6. The van der Waals surface area contributed by atoms with E-state index < -0.39 is 23.5 Å². The molecule has 0 fully saturated rings. The molecule has 0 spiro atoms. The lowest BCUT2D eigenvalue weighted by molar-refractivity contribution is -0.156. The highest BCUT2D eigenvalue weighted by molar-refractivity contribution is 6.33. The van der Waals surface area contributed by atoms with Crippen molar-refractivity contribution in [1.82, 2.24) is 5.32 Å². The molecule has 20 heavy (non-hydrogen) atoms. The van der Waals surface area contributed by atoms with Gasteiger partial charge in [-0.15, -0.1) is 0 Å². The second kappa shape index (κ2) is 6.13. The van der Waals surface area contributed by atoms with Crippen LogP contribution < -0.4 is 5.32 Å². The van der Waals surface area contributed by atoms with Gasteiger partial charge in [-0.2, -0.15) is 0 Å². The Labute approximate surface area is 122 Å². The summed E-state index contributed by atoms with van der Waals surface area (Å²) in [6.07, 6.45) is 0. The van der Waals surface area contributed by atoms with Crippen LogP contribution in [-0.4, -0.2) is 28.6 Å². The minimum atomic E-state index is -0.819. The van der Waals surface area contributed by atoms with E-state index in [0.717, 1.165) is 0 Å². The van der Waals surface area contributed by atoms with Crippen LogP contribution in [0.2, 0.25) is 5.02 Å². The Hall–Kier alpha value is -1.75. The molecule has 0 saturated carbocycles. The third-order valence-corrected chi connectivity index (χ3v) is 2.63. The third-order valence-electron chi connectivity index (χ3n) is 2.30. The van der Waals surface area contributed by atoms with Crippen LogP contribution in [0.3, 0.4) is 0 Å². The topological polar surface area (TPSA) is 75.6 Å². The van der Waals surface area contributed by atoms with Gasteiger partial charge in [0.15, 0.2) is 0 Å². The minimum Gasteiger partial charge on any atom is -0.508 e. The third kappa shape index (κ3) is 4.74. The van der Waals surface area contributed by atoms with Gasteiger partial charge in [0.1, 0.15) is 17.4 Å². The Morgan fingerprint density at radius 3 is 2.50 bits per heavy atom. The number of phenolic OH excluding ortho intramolecular Hbond substituents is 1. The fourth-order valence-electron chi connectivity index (χ4n) is 1.41. The first kappa shape index (κ1) is 16.3. The number of esters is 1. The summed E-state index contributed by atoms with van der Waals surface area (Å²) in [4.78, 5) is 23.7. The Kier molecular flexibility index (Phi) is 5.00. The van der Waals surface area contributed by atoms with Crippen LogP contribution in [0.4, 0.5) is 0 Å². The molecule has 6 heteroatoms. The quantitative estimate of drug-likeness (QED) is 0.841. The first-order chi connectivity index (χ1) is 9.10. The maximum absolute atomic E-state index is 12.0. The van der Waals surface area contributed by atoms with Gasteiger partial charge >= 0.3 is 5.97 Å². The molecule has 110 valence electrons. The fraction of sp³-hybridized carbons (Fsp3) is 0.429. The van der Waals surface area contributed by atoms with Gasteiger partial charge < -0.3 is 15.2 Å². The van der Waals surface area contributed by atoms with Crippen molar-refractivity contribution in [2.45, 2.75) is 39.3 Å². The number of carbonyl (C=O) groups excluding carboxylic acids is 2. The van der Waals surface area contributed by atoms with E-state index in [1.54, 1.807) is 20.8 Å². The van der Waals surface area contributed by atoms with Crippen molar-refractivity contribution in [2.75, 3.05) is 0 Å². The predicted molar refractivity (Wildman–Crippen MR) is 75.9 cm³/mol. The van der Waals surface area contributed by atoms with Crippen molar-refractivity contribution in [1.29, 1.82) is 0 Å². The number of hydrogen-bond acceptors (Lipinski definition) is 4. The van der Waals surface area contributed by atoms with Crippen LogP contribution in [0.1, 0.15) is 38.1 Å². The monoisotopic (exact) mass is 299 g/mol. The van der Waals surface area contributed by atoms with E-state index in [1.165, 1.54) is 25.1 Å². The maximum atomic E-state index is 12.0. The van der Waals surface area contributed by atoms with E-state index in [9.17, 15) is 14.7 Å². The maximum Gasteiger partial charge on any atom is 0.328 e. The smallest absolute Gasteiger partial charge is 0.328 e. The van der Waals surface area contributed by atoms with Crippen LogP contribution in [0, 0.1) is 0 Å². The zero-order chi connectivity index (χ0) is 15.5. The summed E-state index contributed by atoms with van der Waals surface area (Å²) >= 11 is 5.87. The Morgan fingerprint density at radius 2 is 1.95 bits per heavy atom. The number of amides is 1. The molecule has 0 aliphatic heterocycles. The fourth-order valence-corrected chi connectivity index (χ4v) is 1.61. The normalized spacial score (nSPS) is 12.7. The number of ether oxygens (including phenoxy) is 1. The second-order valence-electron chi connectivity index (χ2n) is 5.39. The number of rotatable bonds is 3. The van der Waals surface area contributed by atoms with Crippen molar-refractivity contribution in [3.8, 4) is 5.75 Å². The Morgan fingerprint density at radius 1 is 1.35 bits per heavy atom. The number of carbonyl (C=O) groups is 2. The van der Waals surface area contributed by atoms with Crippen LogP contribution in [-0.2, 0) is 9.53 Å². The van der Waals surface area contributed by atoms with Crippen molar-refractivity contribution < 1.29 is 19.4 Å². The van der Waals surface area contributed by atoms with Gasteiger partial charge in [0.25, 0.3) is 5.91 Å². The summed E-state index contributed by atoms with van der Waals surface area (Å²) in [5.41, 5.74) is -0.527. The molecule has 1 aromatic carbocycles. The minimum absolute atomic E-state index is 0.0792. The average Bonchev–Trinajstić information content (AvgIpc) is 2.29. The molecule has 1 rings (SSSR count). The molecule has 5 nitrogen and oxygen atoms in total. The molecular formula is C14H18ClNO4. The molecule has 0 radical (unpaired) electrons. The van der Waals surface area contributed by atoms with Crippen LogP contribution in [0.25, 0.3) is 0 Å². The second-order valence-corrected chi connectivity index (χ2v) is 5.80. The number of hydrogen-bond donors (Lipinski definition) is 2. The highest BCUT2D eigenvalue weighted by atomic mass is 35.5. The van der Waals surface area contributed by atoms with Gasteiger partial charge in [0.2, 0.25) is 0 Å². The van der Waals surface area contributed by atoms with Crippen molar-refractivity contribution in [3.05, 3.63) is 28.8 Å². The Balaban J connectivity index is 2.75. The van der Waals surface area contributed by atoms with Crippen molar-refractivity contribution >= 4 is 23.5 Å². The van der Waals surface area contributed by atoms with E-state index in [4.69, 9.17) is 16.3 Å². The van der Waals surface area contributed by atoms with Crippen LogP contribution >= 0.6 is 11.6 Å². The van der Waals surface area contributed by atoms with Gasteiger partial charge in [-0.3, -0.25) is 4.79 Å². The van der Waals surface area contributed by atoms with Gasteiger partial charge in [-0.25, -0.2) is 4.79 Å². The predicted octanol–water partition coefficient (Wildman–Crippen LogP) is 2.51. The lowest BCUT2D eigenvalue weighted by Gasteiger charge is -2.22. The average molecular weight is 300 g/mol. The van der Waals surface area contributed by atoms with Crippen molar-refractivity contribution in [2.24, 2.45) is 0 Å². The summed E-state index contributed by atoms with van der Waals surface area (Å²) < 4.78 is 5.15. The van der Waals surface area contributed by atoms with E-state index in [0.29, 0.717) is 0 Å². The van der Waals surface area contributed by atoms with Crippen LogP contribution in [0.5, 0.6) is 5.75 Å². The van der Waals surface area contributed by atoms with E-state index in [2.05, 4.69) is 5.32 Å². The Bertz CT molecular complexity index is 522. The summed E-state index contributed by atoms with van der Waals surface area (Å²) in [7, 11) is 0. The highest BCUT2D eigenvalue weighted by Gasteiger charge is 2.24. The van der Waals surface area contributed by atoms with Gasteiger partial charge in [0, 0.05) is 0 Å². The molecule has 0 saturated heterocycles. The van der Waals surface area contributed by atoms with E-state index in [1.807, 2.05) is 0 Å².